The van der Waals surface area contributed by atoms with Crippen molar-refractivity contribution in [1.82, 2.24) is 0 Å². The lowest BCUT2D eigenvalue weighted by molar-refractivity contribution is 0.100. The Kier molecular flexibility index (Phi) is 1.88. The van der Waals surface area contributed by atoms with Crippen LogP contribution >= 0.6 is 0 Å². The number of hydrogen-bond donors (Lipinski definition) is 1. The highest BCUT2D eigenvalue weighted by Crippen LogP contribution is 2.48. The van der Waals surface area contributed by atoms with Crippen LogP contribution in [0.2, 0.25) is 0 Å². The van der Waals surface area contributed by atoms with E-state index in [1.165, 1.54) is 11.1 Å². The van der Waals surface area contributed by atoms with Crippen LogP contribution in [0.4, 0.5) is 0 Å². The van der Waals surface area contributed by atoms with Crippen LogP contribution in [-0.4, -0.2) is 5.91 Å². The molecule has 1 amide bonds. The van der Waals surface area contributed by atoms with Crippen LogP contribution in [0.3, 0.4) is 0 Å². The van der Waals surface area contributed by atoms with E-state index in [4.69, 9.17) is 5.73 Å². The third-order valence-electron chi connectivity index (χ3n) is 3.80. The van der Waals surface area contributed by atoms with E-state index in [0.717, 1.165) is 21.9 Å². The van der Waals surface area contributed by atoms with Gasteiger partial charge in [-0.2, -0.15) is 0 Å². The van der Waals surface area contributed by atoms with Crippen LogP contribution < -0.4 is 5.73 Å². The molecule has 4 rings (SSSR count). The predicted octanol–water partition coefficient (Wildman–Crippen LogP) is 3.59. The zero-order valence-electron chi connectivity index (χ0n) is 10.2. The second-order valence-corrected chi connectivity index (χ2v) is 4.80. The lowest BCUT2D eigenvalue weighted by Crippen LogP contribution is -2.12. The summed E-state index contributed by atoms with van der Waals surface area (Å²) in [5, 5.41) is 2.29. The van der Waals surface area contributed by atoms with Crippen LogP contribution in [0.25, 0.3) is 33.0 Å². The van der Waals surface area contributed by atoms with Gasteiger partial charge in [0.25, 0.3) is 0 Å². The Balaban J connectivity index is 2.28. The molecule has 19 heavy (non-hydrogen) atoms. The molecule has 0 saturated heterocycles. The van der Waals surface area contributed by atoms with Crippen molar-refractivity contribution >= 4 is 16.7 Å². The number of benzene rings is 3. The zero-order valence-corrected chi connectivity index (χ0v) is 10.2. The maximum absolute atomic E-state index is 11.7. The highest BCUT2D eigenvalue weighted by atomic mass is 16.1. The van der Waals surface area contributed by atoms with Crippen LogP contribution in [0, 0.1) is 0 Å². The van der Waals surface area contributed by atoms with Gasteiger partial charge in [0.2, 0.25) is 5.91 Å². The summed E-state index contributed by atoms with van der Waals surface area (Å²) in [4.78, 5) is 11.7. The molecule has 0 aromatic heterocycles. The summed E-state index contributed by atoms with van der Waals surface area (Å²) in [6.07, 6.45) is 0. The molecule has 2 nitrogen and oxygen atoms in total. The maximum atomic E-state index is 11.7. The van der Waals surface area contributed by atoms with Crippen molar-refractivity contribution < 1.29 is 4.79 Å². The first kappa shape index (κ1) is 10.3. The number of nitrogens with two attached hydrogens (primary N) is 1. The minimum Gasteiger partial charge on any atom is -0.366 e. The fourth-order valence-electron chi connectivity index (χ4n) is 3.02. The van der Waals surface area contributed by atoms with Gasteiger partial charge in [-0.05, 0) is 33.5 Å². The molecule has 0 atom stereocenters. The average Bonchev–Trinajstić information content (AvgIpc) is 2.77. The first-order valence-electron chi connectivity index (χ1n) is 6.22. The van der Waals surface area contributed by atoms with Gasteiger partial charge < -0.3 is 5.73 Å². The molecular formula is C17H11NO. The van der Waals surface area contributed by atoms with Crippen molar-refractivity contribution in [3.05, 3.63) is 60.2 Å². The van der Waals surface area contributed by atoms with E-state index in [2.05, 4.69) is 24.3 Å². The quantitative estimate of drug-likeness (QED) is 0.547. The molecule has 0 bridgehead atoms. The number of carbonyl (C=O) groups is 1. The van der Waals surface area contributed by atoms with Gasteiger partial charge in [0.1, 0.15) is 0 Å². The Morgan fingerprint density at radius 2 is 1.53 bits per heavy atom. The van der Waals surface area contributed by atoms with Gasteiger partial charge in [-0.15, -0.1) is 0 Å². The first-order chi connectivity index (χ1) is 9.27. The summed E-state index contributed by atoms with van der Waals surface area (Å²) in [6.45, 7) is 0. The second kappa shape index (κ2) is 3.45. The number of fused-ring (bicyclic) bond motifs is 3. The molecule has 0 unspecified atom stereocenters. The topological polar surface area (TPSA) is 43.1 Å². The van der Waals surface area contributed by atoms with Crippen LogP contribution in [0.5, 0.6) is 0 Å². The van der Waals surface area contributed by atoms with Crippen molar-refractivity contribution in [3.8, 4) is 22.3 Å². The maximum Gasteiger partial charge on any atom is 0.249 e. The van der Waals surface area contributed by atoms with Gasteiger partial charge >= 0.3 is 0 Å². The van der Waals surface area contributed by atoms with E-state index in [0.29, 0.717) is 5.56 Å². The highest BCUT2D eigenvalue weighted by Gasteiger charge is 2.24. The van der Waals surface area contributed by atoms with E-state index < -0.39 is 0 Å². The minimum absolute atomic E-state index is 0.372. The van der Waals surface area contributed by atoms with Gasteiger partial charge in [-0.25, -0.2) is 0 Å². The Bertz CT molecular complexity index is 849. The summed E-state index contributed by atoms with van der Waals surface area (Å²) in [5.74, 6) is -0.372. The van der Waals surface area contributed by atoms with Gasteiger partial charge in [0.05, 0.1) is 0 Å². The minimum atomic E-state index is -0.372. The molecule has 3 aromatic rings. The second-order valence-electron chi connectivity index (χ2n) is 4.80. The van der Waals surface area contributed by atoms with Gasteiger partial charge in [0, 0.05) is 11.1 Å². The number of carbonyl (C=O) groups excluding carboxylic acids is 1. The van der Waals surface area contributed by atoms with E-state index in [1.807, 2.05) is 30.3 Å². The van der Waals surface area contributed by atoms with E-state index in [-0.39, 0.29) is 5.91 Å². The van der Waals surface area contributed by atoms with Crippen LogP contribution in [0.1, 0.15) is 10.4 Å². The fraction of sp³-hybridized carbons (Fsp3) is 0. The van der Waals surface area contributed by atoms with Gasteiger partial charge in [0.15, 0.2) is 0 Å². The van der Waals surface area contributed by atoms with Crippen molar-refractivity contribution in [2.45, 2.75) is 0 Å². The molecule has 3 aromatic carbocycles. The Morgan fingerprint density at radius 3 is 2.32 bits per heavy atom. The average molecular weight is 245 g/mol. The van der Waals surface area contributed by atoms with Crippen molar-refractivity contribution in [2.24, 2.45) is 5.73 Å². The Labute approximate surface area is 110 Å². The lowest BCUT2D eigenvalue weighted by Gasteiger charge is -2.06. The summed E-state index contributed by atoms with van der Waals surface area (Å²) >= 11 is 0. The molecule has 1 aliphatic rings. The van der Waals surface area contributed by atoms with Crippen molar-refractivity contribution in [2.75, 3.05) is 0 Å². The fourth-order valence-corrected chi connectivity index (χ4v) is 3.02. The molecule has 0 saturated carbocycles. The largest absolute Gasteiger partial charge is 0.366 e. The standard InChI is InChI=1S/C17H11NO/c18-17(19)14-9-8-10-4-3-7-12-11-5-1-2-6-13(11)16(14)15(10)12/h1-9H,(H2,18,19). The third-order valence-corrected chi connectivity index (χ3v) is 3.80. The van der Waals surface area contributed by atoms with Gasteiger partial charge in [-0.3, -0.25) is 4.79 Å². The normalized spacial score (nSPS) is 11.6. The smallest absolute Gasteiger partial charge is 0.249 e. The number of hydrogen-bond acceptors (Lipinski definition) is 1. The van der Waals surface area contributed by atoms with Gasteiger partial charge in [-0.1, -0.05) is 48.5 Å². The van der Waals surface area contributed by atoms with Crippen molar-refractivity contribution in [1.29, 1.82) is 0 Å². The molecule has 2 heteroatoms. The van der Waals surface area contributed by atoms with E-state index in [1.54, 1.807) is 0 Å². The monoisotopic (exact) mass is 245 g/mol. The number of amides is 1. The molecule has 0 spiro atoms. The summed E-state index contributed by atoms with van der Waals surface area (Å²) in [7, 11) is 0. The summed E-state index contributed by atoms with van der Waals surface area (Å²) in [6, 6.07) is 18.2. The van der Waals surface area contributed by atoms with E-state index >= 15 is 0 Å². The molecule has 2 N–H and O–H groups in total. The highest BCUT2D eigenvalue weighted by molar-refractivity contribution is 6.20. The lowest BCUT2D eigenvalue weighted by atomic mass is 9.97. The Hall–Kier alpha value is -2.61. The molecule has 0 heterocycles. The SMILES string of the molecule is NC(=O)c1ccc2cccc3c2c1-c1ccccc1-3. The zero-order chi connectivity index (χ0) is 13.0. The molecule has 0 aliphatic heterocycles. The summed E-state index contributed by atoms with van der Waals surface area (Å²) < 4.78 is 0. The molecule has 0 radical (unpaired) electrons. The molecule has 0 fully saturated rings. The molecule has 1 aliphatic carbocycles. The van der Waals surface area contributed by atoms with Crippen LogP contribution in [0.15, 0.2) is 54.6 Å². The van der Waals surface area contributed by atoms with E-state index in [9.17, 15) is 4.79 Å². The first-order valence-corrected chi connectivity index (χ1v) is 6.22. The van der Waals surface area contributed by atoms with Crippen molar-refractivity contribution in [3.63, 3.8) is 0 Å². The Morgan fingerprint density at radius 1 is 0.789 bits per heavy atom. The number of primary amides is 1. The summed E-state index contributed by atoms with van der Waals surface area (Å²) in [5.41, 5.74) is 10.6. The van der Waals surface area contributed by atoms with Crippen LogP contribution in [-0.2, 0) is 0 Å². The molecular weight excluding hydrogens is 234 g/mol. The predicted molar refractivity (Wildman–Crippen MR) is 76.9 cm³/mol. The molecule has 90 valence electrons. The third kappa shape index (κ3) is 1.23. The number of rotatable bonds is 1.